The summed E-state index contributed by atoms with van der Waals surface area (Å²) in [7, 11) is 0. The lowest BCUT2D eigenvalue weighted by Crippen LogP contribution is -2.30. The molecular weight excluding hydrogens is 266 g/mol. The number of aromatic nitrogens is 1. The molecule has 0 spiro atoms. The molecule has 1 aromatic heterocycles. The lowest BCUT2D eigenvalue weighted by atomic mass is 10.1. The van der Waals surface area contributed by atoms with Gasteiger partial charge in [0.2, 0.25) is 0 Å². The number of rotatable bonds is 4. The number of nitrogens with two attached hydrogens (primary N) is 1. The summed E-state index contributed by atoms with van der Waals surface area (Å²) in [6.07, 6.45) is 1.44. The first-order valence-corrected chi connectivity index (χ1v) is 6.80. The summed E-state index contributed by atoms with van der Waals surface area (Å²) in [4.78, 5) is 26.8. The fraction of sp³-hybridized carbons (Fsp3) is 0.250. The van der Waals surface area contributed by atoms with E-state index in [4.69, 9.17) is 5.73 Å². The zero-order chi connectivity index (χ0) is 15.4. The summed E-state index contributed by atoms with van der Waals surface area (Å²) in [5, 5.41) is 2.82. The number of H-pyrrole nitrogens is 1. The van der Waals surface area contributed by atoms with Crippen LogP contribution in [0, 0.1) is 6.92 Å². The molecule has 1 heterocycles. The molecule has 21 heavy (non-hydrogen) atoms. The average molecular weight is 285 g/mol. The molecule has 2 aromatic rings. The molecule has 5 heteroatoms. The fourth-order valence-electron chi connectivity index (χ4n) is 2.05. The molecule has 0 aliphatic rings. The van der Waals surface area contributed by atoms with Crippen molar-refractivity contribution in [3.05, 3.63) is 69.1 Å². The van der Waals surface area contributed by atoms with Gasteiger partial charge in [-0.2, -0.15) is 0 Å². The Morgan fingerprint density at radius 3 is 2.57 bits per heavy atom. The van der Waals surface area contributed by atoms with Crippen LogP contribution in [0.25, 0.3) is 0 Å². The second-order valence-electron chi connectivity index (χ2n) is 5.03. The first-order chi connectivity index (χ1) is 10.0. The summed E-state index contributed by atoms with van der Waals surface area (Å²) in [5.74, 6) is -0.383. The Kier molecular flexibility index (Phi) is 4.55. The van der Waals surface area contributed by atoms with Gasteiger partial charge < -0.3 is 16.0 Å². The van der Waals surface area contributed by atoms with E-state index in [1.807, 2.05) is 31.2 Å². The number of carbonyl (C=O) groups excluding carboxylic acids is 1. The molecule has 0 aliphatic heterocycles. The second kappa shape index (κ2) is 6.37. The van der Waals surface area contributed by atoms with Gasteiger partial charge in [-0.1, -0.05) is 24.3 Å². The van der Waals surface area contributed by atoms with E-state index in [1.54, 1.807) is 6.92 Å². The Bertz CT molecular complexity index is 689. The minimum Gasteiger partial charge on any atom is -0.364 e. The third kappa shape index (κ3) is 3.58. The van der Waals surface area contributed by atoms with E-state index in [1.165, 1.54) is 12.3 Å². The summed E-state index contributed by atoms with van der Waals surface area (Å²) < 4.78 is 0. The number of hydrogen-bond acceptors (Lipinski definition) is 3. The van der Waals surface area contributed by atoms with Crippen molar-refractivity contribution in [2.45, 2.75) is 26.4 Å². The van der Waals surface area contributed by atoms with Crippen LogP contribution < -0.4 is 16.5 Å². The molecule has 4 N–H and O–H groups in total. The van der Waals surface area contributed by atoms with Gasteiger partial charge in [0.25, 0.3) is 5.91 Å². The SMILES string of the molecule is Cc1cc(=O)c(C(=O)NC(C)c2ccc(CN)cc2)c[nH]1. The standard InChI is InChI=1S/C16H19N3O2/c1-10-7-15(20)14(9-18-10)16(21)19-11(2)13-5-3-12(8-17)4-6-13/h3-7,9,11H,8,17H2,1-2H3,(H,18,20)(H,19,21). The highest BCUT2D eigenvalue weighted by atomic mass is 16.2. The highest BCUT2D eigenvalue weighted by Gasteiger charge is 2.14. The van der Waals surface area contributed by atoms with E-state index in [-0.39, 0.29) is 22.9 Å². The van der Waals surface area contributed by atoms with Crippen molar-refractivity contribution in [3.8, 4) is 0 Å². The maximum Gasteiger partial charge on any atom is 0.257 e. The van der Waals surface area contributed by atoms with Gasteiger partial charge in [0.1, 0.15) is 5.56 Å². The van der Waals surface area contributed by atoms with Gasteiger partial charge in [-0.3, -0.25) is 9.59 Å². The molecular formula is C16H19N3O2. The van der Waals surface area contributed by atoms with Crippen LogP contribution in [0.15, 0.2) is 41.3 Å². The van der Waals surface area contributed by atoms with Crippen LogP contribution in [-0.2, 0) is 6.54 Å². The predicted molar refractivity (Wildman–Crippen MR) is 82.0 cm³/mol. The first kappa shape index (κ1) is 15.0. The monoisotopic (exact) mass is 285 g/mol. The molecule has 5 nitrogen and oxygen atoms in total. The maximum atomic E-state index is 12.1. The van der Waals surface area contributed by atoms with Gasteiger partial charge in [0, 0.05) is 24.5 Å². The van der Waals surface area contributed by atoms with Gasteiger partial charge >= 0.3 is 0 Å². The van der Waals surface area contributed by atoms with Crippen LogP contribution >= 0.6 is 0 Å². The van der Waals surface area contributed by atoms with Gasteiger partial charge in [-0.05, 0) is 25.0 Å². The van der Waals surface area contributed by atoms with Crippen LogP contribution in [0.3, 0.4) is 0 Å². The van der Waals surface area contributed by atoms with Gasteiger partial charge in [-0.15, -0.1) is 0 Å². The van der Waals surface area contributed by atoms with Crippen molar-refractivity contribution in [2.75, 3.05) is 0 Å². The zero-order valence-electron chi connectivity index (χ0n) is 12.1. The molecule has 0 radical (unpaired) electrons. The molecule has 0 fully saturated rings. The topological polar surface area (TPSA) is 88.0 Å². The Balaban J connectivity index is 2.12. The van der Waals surface area contributed by atoms with Crippen molar-refractivity contribution in [3.63, 3.8) is 0 Å². The summed E-state index contributed by atoms with van der Waals surface area (Å²) in [6.45, 7) is 4.13. The lowest BCUT2D eigenvalue weighted by Gasteiger charge is -2.14. The summed E-state index contributed by atoms with van der Waals surface area (Å²) >= 11 is 0. The first-order valence-electron chi connectivity index (χ1n) is 6.80. The Hall–Kier alpha value is -2.40. The van der Waals surface area contributed by atoms with Crippen LogP contribution in [-0.4, -0.2) is 10.9 Å². The van der Waals surface area contributed by atoms with Crippen molar-refractivity contribution in [1.29, 1.82) is 0 Å². The van der Waals surface area contributed by atoms with Gasteiger partial charge in [0.05, 0.1) is 6.04 Å². The van der Waals surface area contributed by atoms with E-state index >= 15 is 0 Å². The molecule has 0 aliphatic carbocycles. The van der Waals surface area contributed by atoms with Crippen molar-refractivity contribution < 1.29 is 4.79 Å². The number of aryl methyl sites for hydroxylation is 1. The van der Waals surface area contributed by atoms with Crippen LogP contribution in [0.4, 0.5) is 0 Å². The summed E-state index contributed by atoms with van der Waals surface area (Å²) in [5.41, 5.74) is 8.11. The average Bonchev–Trinajstić information content (AvgIpc) is 2.47. The number of hydrogen-bond donors (Lipinski definition) is 3. The fourth-order valence-corrected chi connectivity index (χ4v) is 2.05. The van der Waals surface area contributed by atoms with Gasteiger partial charge in [-0.25, -0.2) is 0 Å². The minimum atomic E-state index is -0.383. The third-order valence-electron chi connectivity index (χ3n) is 3.36. The largest absolute Gasteiger partial charge is 0.364 e. The molecule has 1 unspecified atom stereocenters. The highest BCUT2D eigenvalue weighted by Crippen LogP contribution is 2.13. The molecule has 1 amide bonds. The van der Waals surface area contributed by atoms with Crippen LogP contribution in [0.1, 0.15) is 40.1 Å². The minimum absolute atomic E-state index is 0.117. The second-order valence-corrected chi connectivity index (χ2v) is 5.03. The highest BCUT2D eigenvalue weighted by molar-refractivity contribution is 5.94. The van der Waals surface area contributed by atoms with Crippen LogP contribution in [0.2, 0.25) is 0 Å². The van der Waals surface area contributed by atoms with Crippen molar-refractivity contribution in [2.24, 2.45) is 5.73 Å². The molecule has 1 aromatic carbocycles. The lowest BCUT2D eigenvalue weighted by molar-refractivity contribution is 0.0938. The zero-order valence-corrected chi connectivity index (χ0v) is 12.1. The Morgan fingerprint density at radius 1 is 1.33 bits per heavy atom. The van der Waals surface area contributed by atoms with E-state index in [0.29, 0.717) is 6.54 Å². The predicted octanol–water partition coefficient (Wildman–Crippen LogP) is 1.63. The van der Waals surface area contributed by atoms with Crippen LogP contribution in [0.5, 0.6) is 0 Å². The smallest absolute Gasteiger partial charge is 0.257 e. The van der Waals surface area contributed by atoms with Crippen molar-refractivity contribution in [1.82, 2.24) is 10.3 Å². The quantitative estimate of drug-likeness (QED) is 0.798. The Morgan fingerprint density at radius 2 is 2.00 bits per heavy atom. The molecule has 0 bridgehead atoms. The van der Waals surface area contributed by atoms with Crippen molar-refractivity contribution >= 4 is 5.91 Å². The maximum absolute atomic E-state index is 12.1. The normalized spacial score (nSPS) is 12.0. The molecule has 1 atom stereocenters. The number of benzene rings is 1. The molecule has 110 valence electrons. The molecule has 0 saturated carbocycles. The number of nitrogens with one attached hydrogen (secondary N) is 2. The van der Waals surface area contributed by atoms with E-state index in [0.717, 1.165) is 16.8 Å². The summed E-state index contributed by atoms with van der Waals surface area (Å²) in [6, 6.07) is 8.92. The third-order valence-corrected chi connectivity index (χ3v) is 3.36. The van der Waals surface area contributed by atoms with E-state index in [2.05, 4.69) is 10.3 Å². The van der Waals surface area contributed by atoms with Gasteiger partial charge in [0.15, 0.2) is 5.43 Å². The number of carbonyl (C=O) groups is 1. The van der Waals surface area contributed by atoms with E-state index in [9.17, 15) is 9.59 Å². The number of pyridine rings is 1. The van der Waals surface area contributed by atoms with E-state index < -0.39 is 0 Å². The molecule has 0 saturated heterocycles. The number of amides is 1. The number of aromatic amines is 1. The molecule has 2 rings (SSSR count). The Labute approximate surface area is 123 Å².